The fourth-order valence-corrected chi connectivity index (χ4v) is 7.74. The molecule has 9 aromatic rings. The van der Waals surface area contributed by atoms with Crippen LogP contribution in [-0.4, -0.2) is 18.7 Å². The fraction of sp³-hybridized carbons (Fsp3) is 0.174. The third-order valence-corrected chi connectivity index (χ3v) is 10.1. The van der Waals surface area contributed by atoms with Crippen molar-refractivity contribution < 1.29 is 4.57 Å². The number of benzene rings is 5. The molecule has 0 aliphatic carbocycles. The van der Waals surface area contributed by atoms with Gasteiger partial charge in [0.05, 0.1) is 22.4 Å². The van der Waals surface area contributed by atoms with Crippen LogP contribution in [0.4, 0.5) is 0 Å². The highest BCUT2D eigenvalue weighted by molar-refractivity contribution is 6.20. The highest BCUT2D eigenvalue weighted by Crippen LogP contribution is 2.45. The van der Waals surface area contributed by atoms with Gasteiger partial charge in [0, 0.05) is 45.3 Å². The molecule has 0 spiro atoms. The van der Waals surface area contributed by atoms with Crippen molar-refractivity contribution in [2.24, 2.45) is 0 Å². The van der Waals surface area contributed by atoms with Gasteiger partial charge in [0.15, 0.2) is 0 Å². The van der Waals surface area contributed by atoms with Gasteiger partial charge in [-0.05, 0) is 76.6 Å². The van der Waals surface area contributed by atoms with Crippen LogP contribution in [0.1, 0.15) is 52.7 Å². The van der Waals surface area contributed by atoms with Gasteiger partial charge in [0.1, 0.15) is 11.3 Å². The smallest absolute Gasteiger partial charge is 0.268 e. The summed E-state index contributed by atoms with van der Waals surface area (Å²) in [6, 6.07) is 45.6. The van der Waals surface area contributed by atoms with E-state index in [0.29, 0.717) is 0 Å². The van der Waals surface area contributed by atoms with E-state index in [2.05, 4.69) is 206 Å². The molecule has 9 rings (SSSR count). The van der Waals surface area contributed by atoms with E-state index in [9.17, 15) is 0 Å². The molecular weight excluding hydrogens is 623 g/mol. The Kier molecular flexibility index (Phi) is 6.88. The molecular formula is C46H41N5. The first-order valence-corrected chi connectivity index (χ1v) is 17.7. The number of aromatic nitrogens is 5. The lowest BCUT2D eigenvalue weighted by Gasteiger charge is -2.22. The van der Waals surface area contributed by atoms with E-state index in [4.69, 9.17) is 4.98 Å². The standard InChI is InChI=1S/C46H41N5/c1-45(2,3)31-23-25-32(26-24-31)48-27-28-49(30-48)34-17-14-18-35(29-34)51-39-22-13-11-20-37(39)41-42(46(4,5)6)40-36-19-10-12-21-38(36)50(43(40)47-44(41)51)33-15-8-7-9-16-33/h7-29H,1-6H3. The summed E-state index contributed by atoms with van der Waals surface area (Å²) in [6.45, 7) is 13.7. The lowest BCUT2D eigenvalue weighted by Crippen LogP contribution is -2.28. The third kappa shape index (κ3) is 4.98. The van der Waals surface area contributed by atoms with Gasteiger partial charge in [-0.3, -0.25) is 18.3 Å². The quantitative estimate of drug-likeness (QED) is 0.136. The lowest BCUT2D eigenvalue weighted by atomic mass is 9.82. The average molecular weight is 664 g/mol. The molecule has 0 saturated carbocycles. The van der Waals surface area contributed by atoms with Crippen LogP contribution in [0.5, 0.6) is 0 Å². The minimum absolute atomic E-state index is 0.110. The molecule has 5 aromatic carbocycles. The third-order valence-electron chi connectivity index (χ3n) is 10.1. The van der Waals surface area contributed by atoms with Crippen molar-refractivity contribution in [3.8, 4) is 22.7 Å². The summed E-state index contributed by atoms with van der Waals surface area (Å²) in [5, 5.41) is 4.85. The van der Waals surface area contributed by atoms with Crippen LogP contribution in [0.3, 0.4) is 0 Å². The van der Waals surface area contributed by atoms with E-state index in [1.165, 1.54) is 32.7 Å². The van der Waals surface area contributed by atoms with Crippen LogP contribution in [0.25, 0.3) is 66.6 Å². The number of nitrogens with zero attached hydrogens (tertiary/aromatic N) is 5. The molecule has 4 heterocycles. The molecule has 0 aliphatic rings. The Balaban J connectivity index is 1.29. The van der Waals surface area contributed by atoms with E-state index >= 15 is 0 Å². The molecule has 0 saturated heterocycles. The van der Waals surface area contributed by atoms with Crippen molar-refractivity contribution in [2.75, 3.05) is 0 Å². The van der Waals surface area contributed by atoms with E-state index < -0.39 is 0 Å². The Hall–Kier alpha value is -5.94. The van der Waals surface area contributed by atoms with E-state index in [1.807, 2.05) is 0 Å². The number of para-hydroxylation sites is 3. The van der Waals surface area contributed by atoms with Gasteiger partial charge in [-0.2, -0.15) is 0 Å². The Morgan fingerprint density at radius 3 is 1.71 bits per heavy atom. The molecule has 0 atom stereocenters. The van der Waals surface area contributed by atoms with E-state index in [-0.39, 0.29) is 10.8 Å². The zero-order valence-corrected chi connectivity index (χ0v) is 30.0. The number of imidazole rings is 1. The normalized spacial score (nSPS) is 12.5. The number of hydrogen-bond acceptors (Lipinski definition) is 1. The SMILES string of the molecule is CC(C)(C)c1ccc(-[n+]2[c-]n(-c3cccc(-n4c5ccccc5c5c(C(C)(C)C)c6c7ccccc7n(-c7ccccc7)c6nc54)c3)cc2)cc1. The Labute approximate surface area is 298 Å². The molecule has 0 bridgehead atoms. The lowest BCUT2D eigenvalue weighted by molar-refractivity contribution is -0.599. The van der Waals surface area contributed by atoms with Crippen molar-refractivity contribution in [3.05, 3.63) is 157 Å². The van der Waals surface area contributed by atoms with Crippen LogP contribution in [0, 0.1) is 6.33 Å². The first-order valence-electron chi connectivity index (χ1n) is 17.7. The van der Waals surface area contributed by atoms with Gasteiger partial charge in [0.25, 0.3) is 6.33 Å². The zero-order chi connectivity index (χ0) is 35.1. The minimum Gasteiger partial charge on any atom is -0.299 e. The number of hydrogen-bond donors (Lipinski definition) is 0. The van der Waals surface area contributed by atoms with E-state index in [1.54, 1.807) is 0 Å². The number of fused-ring (bicyclic) bond motifs is 6. The molecule has 0 fully saturated rings. The largest absolute Gasteiger partial charge is 0.299 e. The maximum Gasteiger partial charge on any atom is 0.268 e. The highest BCUT2D eigenvalue weighted by atomic mass is 15.1. The van der Waals surface area contributed by atoms with Gasteiger partial charge in [0.2, 0.25) is 0 Å². The number of rotatable bonds is 4. The van der Waals surface area contributed by atoms with Crippen molar-refractivity contribution >= 4 is 43.9 Å². The van der Waals surface area contributed by atoms with Gasteiger partial charge in [-0.1, -0.05) is 114 Å². The molecule has 5 heteroatoms. The molecule has 0 aliphatic heterocycles. The molecule has 0 radical (unpaired) electrons. The second-order valence-electron chi connectivity index (χ2n) is 15.6. The van der Waals surface area contributed by atoms with Crippen molar-refractivity contribution in [1.29, 1.82) is 0 Å². The summed E-state index contributed by atoms with van der Waals surface area (Å²) in [6.07, 6.45) is 7.68. The monoisotopic (exact) mass is 663 g/mol. The highest BCUT2D eigenvalue weighted by Gasteiger charge is 2.29. The maximum absolute atomic E-state index is 5.66. The fourth-order valence-electron chi connectivity index (χ4n) is 7.74. The summed E-state index contributed by atoms with van der Waals surface area (Å²) < 4.78 is 8.79. The second-order valence-corrected chi connectivity index (χ2v) is 15.6. The van der Waals surface area contributed by atoms with Gasteiger partial charge in [-0.25, -0.2) is 4.98 Å². The Bertz CT molecular complexity index is 2740. The van der Waals surface area contributed by atoms with Crippen molar-refractivity contribution in [1.82, 2.24) is 18.7 Å². The predicted octanol–water partition coefficient (Wildman–Crippen LogP) is 10.7. The molecule has 0 unspecified atom stereocenters. The molecule has 0 amide bonds. The summed E-state index contributed by atoms with van der Waals surface area (Å²) in [4.78, 5) is 5.66. The minimum atomic E-state index is -0.166. The average Bonchev–Trinajstić information content (AvgIpc) is 3.84. The summed E-state index contributed by atoms with van der Waals surface area (Å²) in [5.74, 6) is 0. The van der Waals surface area contributed by atoms with Gasteiger partial charge in [-0.15, -0.1) is 0 Å². The first-order chi connectivity index (χ1) is 24.6. The predicted molar refractivity (Wildman–Crippen MR) is 210 cm³/mol. The molecule has 5 nitrogen and oxygen atoms in total. The van der Waals surface area contributed by atoms with Gasteiger partial charge >= 0.3 is 0 Å². The van der Waals surface area contributed by atoms with Crippen LogP contribution < -0.4 is 4.57 Å². The summed E-state index contributed by atoms with van der Waals surface area (Å²) in [5.41, 5.74) is 11.1. The van der Waals surface area contributed by atoms with Crippen LogP contribution in [0.15, 0.2) is 140 Å². The van der Waals surface area contributed by atoms with Crippen LogP contribution in [0.2, 0.25) is 0 Å². The van der Waals surface area contributed by atoms with Crippen molar-refractivity contribution in [2.45, 2.75) is 52.4 Å². The van der Waals surface area contributed by atoms with E-state index in [0.717, 1.165) is 45.1 Å². The topological polar surface area (TPSA) is 31.6 Å². The maximum atomic E-state index is 5.66. The zero-order valence-electron chi connectivity index (χ0n) is 30.0. The Morgan fingerprint density at radius 2 is 1.10 bits per heavy atom. The second kappa shape index (κ2) is 11.3. The molecule has 4 aromatic heterocycles. The summed E-state index contributed by atoms with van der Waals surface area (Å²) in [7, 11) is 0. The van der Waals surface area contributed by atoms with Crippen LogP contribution >= 0.6 is 0 Å². The summed E-state index contributed by atoms with van der Waals surface area (Å²) >= 11 is 0. The first kappa shape index (κ1) is 31.1. The van der Waals surface area contributed by atoms with Crippen LogP contribution in [-0.2, 0) is 10.8 Å². The van der Waals surface area contributed by atoms with Gasteiger partial charge < -0.3 is 0 Å². The molecule has 51 heavy (non-hydrogen) atoms. The number of pyridine rings is 1. The molecule has 250 valence electrons. The molecule has 0 N–H and O–H groups in total. The Morgan fingerprint density at radius 1 is 0.549 bits per heavy atom. The van der Waals surface area contributed by atoms with Crippen molar-refractivity contribution in [3.63, 3.8) is 0 Å².